The number of hydrogen-bond acceptors (Lipinski definition) is 1. The Labute approximate surface area is 201 Å². The third kappa shape index (κ3) is 1.93. The number of aromatic nitrogens is 1. The van der Waals surface area contributed by atoms with E-state index in [-0.39, 0.29) is 5.41 Å². The largest absolute Gasteiger partial charge is 0.456 e. The van der Waals surface area contributed by atoms with Crippen molar-refractivity contribution >= 4 is 60.0 Å². The molecule has 0 amide bonds. The molecule has 5 aromatic carbocycles. The fourth-order valence-electron chi connectivity index (χ4n) is 7.06. The van der Waals surface area contributed by atoms with Crippen LogP contribution in [-0.4, -0.2) is 4.40 Å². The van der Waals surface area contributed by atoms with E-state index >= 15 is 0 Å². The zero-order valence-electron chi connectivity index (χ0n) is 19.5. The van der Waals surface area contributed by atoms with E-state index in [1.807, 2.05) is 6.07 Å². The maximum atomic E-state index is 6.25. The molecule has 0 bridgehead atoms. The molecule has 9 rings (SSSR count). The number of para-hydroxylation sites is 2. The maximum absolute atomic E-state index is 6.25. The van der Waals surface area contributed by atoms with Gasteiger partial charge in [0.25, 0.3) is 0 Å². The molecule has 2 heteroatoms. The van der Waals surface area contributed by atoms with Gasteiger partial charge in [0.05, 0.1) is 16.6 Å². The van der Waals surface area contributed by atoms with Gasteiger partial charge in [-0.05, 0) is 46.5 Å². The van der Waals surface area contributed by atoms with Crippen LogP contribution in [0.1, 0.15) is 25.0 Å². The molecule has 0 unspecified atom stereocenters. The smallest absolute Gasteiger partial charge is 0.136 e. The summed E-state index contributed by atoms with van der Waals surface area (Å²) in [5.74, 6) is 0. The van der Waals surface area contributed by atoms with E-state index < -0.39 is 0 Å². The van der Waals surface area contributed by atoms with Gasteiger partial charge < -0.3 is 8.82 Å². The summed E-state index contributed by atoms with van der Waals surface area (Å²) in [6, 6.07) is 33.3. The van der Waals surface area contributed by atoms with Crippen molar-refractivity contribution in [3.05, 3.63) is 102 Å². The number of hydrogen-bond donors (Lipinski definition) is 0. The van der Waals surface area contributed by atoms with Crippen molar-refractivity contribution in [2.75, 3.05) is 0 Å². The first-order valence-electron chi connectivity index (χ1n) is 12.3. The van der Waals surface area contributed by atoms with Gasteiger partial charge in [0.1, 0.15) is 11.2 Å². The minimum atomic E-state index is -0.0483. The van der Waals surface area contributed by atoms with Gasteiger partial charge in [0.2, 0.25) is 0 Å². The van der Waals surface area contributed by atoms with E-state index in [1.54, 1.807) is 0 Å². The topological polar surface area (TPSA) is 17.6 Å². The van der Waals surface area contributed by atoms with E-state index in [0.29, 0.717) is 0 Å². The second kappa shape index (κ2) is 5.67. The number of furan rings is 1. The van der Waals surface area contributed by atoms with Gasteiger partial charge in [-0.3, -0.25) is 0 Å². The van der Waals surface area contributed by atoms with Gasteiger partial charge in [0.15, 0.2) is 0 Å². The summed E-state index contributed by atoms with van der Waals surface area (Å²) in [7, 11) is 0. The second-order valence-electron chi connectivity index (χ2n) is 10.6. The number of benzene rings is 5. The molecule has 2 nitrogen and oxygen atoms in total. The summed E-state index contributed by atoms with van der Waals surface area (Å²) < 4.78 is 8.75. The van der Waals surface area contributed by atoms with E-state index in [2.05, 4.69) is 103 Å². The lowest BCUT2D eigenvalue weighted by Gasteiger charge is -2.22. The van der Waals surface area contributed by atoms with E-state index in [0.717, 1.165) is 11.2 Å². The van der Waals surface area contributed by atoms with Crippen LogP contribution in [0.2, 0.25) is 0 Å². The highest BCUT2D eigenvalue weighted by molar-refractivity contribution is 6.26. The lowest BCUT2D eigenvalue weighted by Crippen LogP contribution is -2.15. The molecule has 3 aromatic heterocycles. The zero-order chi connectivity index (χ0) is 23.1. The predicted octanol–water partition coefficient (Wildman–Crippen LogP) is 9.04. The first-order chi connectivity index (χ1) is 17.1. The van der Waals surface area contributed by atoms with Crippen LogP contribution in [0.25, 0.3) is 71.2 Å². The molecule has 0 saturated carbocycles. The highest BCUT2D eigenvalue weighted by atomic mass is 16.3. The SMILES string of the molecule is CC1(C)c2ccccc2-c2ccc3c(c21)c1cccc2c4cc5oc6ccccc6c5cc4n3c21. The Kier molecular flexibility index (Phi) is 2.93. The molecule has 0 spiro atoms. The number of fused-ring (bicyclic) bond motifs is 13. The van der Waals surface area contributed by atoms with Crippen LogP contribution in [0.3, 0.4) is 0 Å². The van der Waals surface area contributed by atoms with Crippen molar-refractivity contribution in [2.45, 2.75) is 19.3 Å². The lowest BCUT2D eigenvalue weighted by molar-refractivity contribution is 0.666. The van der Waals surface area contributed by atoms with E-state index in [1.165, 1.54) is 71.1 Å². The number of nitrogens with zero attached hydrogens (tertiary/aromatic N) is 1. The average Bonchev–Trinajstić information content (AvgIpc) is 3.58. The Hall–Kier alpha value is -4.30. The van der Waals surface area contributed by atoms with Gasteiger partial charge in [-0.1, -0.05) is 80.6 Å². The Morgan fingerprint density at radius 3 is 2.34 bits per heavy atom. The van der Waals surface area contributed by atoms with Crippen molar-refractivity contribution < 1.29 is 4.42 Å². The van der Waals surface area contributed by atoms with Gasteiger partial charge in [-0.25, -0.2) is 0 Å². The van der Waals surface area contributed by atoms with E-state index in [9.17, 15) is 0 Å². The third-order valence-corrected chi connectivity index (χ3v) is 8.49. The second-order valence-corrected chi connectivity index (χ2v) is 10.6. The molecule has 8 aromatic rings. The molecule has 0 fully saturated rings. The Morgan fingerprint density at radius 1 is 0.600 bits per heavy atom. The molecule has 0 N–H and O–H groups in total. The first-order valence-corrected chi connectivity index (χ1v) is 12.3. The highest BCUT2D eigenvalue weighted by Crippen LogP contribution is 2.54. The molecule has 1 aliphatic rings. The normalized spacial score (nSPS) is 14.8. The highest BCUT2D eigenvalue weighted by Gasteiger charge is 2.38. The standard InChI is InChI=1S/C33H21NO/c1-33(2)25-12-5-3-8-18(25)20-14-15-26-30(31(20)33)22-11-7-10-21-23-17-29-24(16-27(23)34(26)32(21)22)19-9-4-6-13-28(19)35-29/h3-17H,1-2H3. The Morgan fingerprint density at radius 2 is 1.40 bits per heavy atom. The van der Waals surface area contributed by atoms with Crippen molar-refractivity contribution in [1.82, 2.24) is 4.40 Å². The summed E-state index contributed by atoms with van der Waals surface area (Å²) >= 11 is 0. The fraction of sp³-hybridized carbons (Fsp3) is 0.0909. The number of rotatable bonds is 0. The molecule has 0 aliphatic heterocycles. The van der Waals surface area contributed by atoms with E-state index in [4.69, 9.17) is 4.42 Å². The van der Waals surface area contributed by atoms with Crippen LogP contribution >= 0.6 is 0 Å². The summed E-state index contributed by atoms with van der Waals surface area (Å²) in [6.07, 6.45) is 0. The molecule has 0 saturated heterocycles. The molecule has 1 aliphatic carbocycles. The van der Waals surface area contributed by atoms with Crippen molar-refractivity contribution in [1.29, 1.82) is 0 Å². The van der Waals surface area contributed by atoms with Crippen LogP contribution in [-0.2, 0) is 5.41 Å². The van der Waals surface area contributed by atoms with Gasteiger partial charge >= 0.3 is 0 Å². The summed E-state index contributed by atoms with van der Waals surface area (Å²) in [5.41, 5.74) is 11.3. The molecular formula is C33H21NO. The van der Waals surface area contributed by atoms with Crippen molar-refractivity contribution in [2.24, 2.45) is 0 Å². The van der Waals surface area contributed by atoms with Crippen LogP contribution in [0.4, 0.5) is 0 Å². The Balaban J connectivity index is 1.52. The minimum absolute atomic E-state index is 0.0483. The quantitative estimate of drug-likeness (QED) is 0.227. The monoisotopic (exact) mass is 447 g/mol. The molecule has 0 radical (unpaired) electrons. The fourth-order valence-corrected chi connectivity index (χ4v) is 7.06. The lowest BCUT2D eigenvalue weighted by atomic mass is 9.80. The molecule has 0 atom stereocenters. The third-order valence-electron chi connectivity index (χ3n) is 8.49. The Bertz CT molecular complexity index is 2190. The van der Waals surface area contributed by atoms with Crippen LogP contribution in [0.5, 0.6) is 0 Å². The maximum Gasteiger partial charge on any atom is 0.136 e. The minimum Gasteiger partial charge on any atom is -0.456 e. The average molecular weight is 448 g/mol. The summed E-state index contributed by atoms with van der Waals surface area (Å²) in [4.78, 5) is 0. The molecular weight excluding hydrogens is 426 g/mol. The van der Waals surface area contributed by atoms with Crippen molar-refractivity contribution in [3.63, 3.8) is 0 Å². The van der Waals surface area contributed by atoms with Crippen molar-refractivity contribution in [3.8, 4) is 11.1 Å². The van der Waals surface area contributed by atoms with Gasteiger partial charge in [-0.2, -0.15) is 0 Å². The summed E-state index contributed by atoms with van der Waals surface area (Å²) in [6.45, 7) is 4.76. The summed E-state index contributed by atoms with van der Waals surface area (Å²) in [5, 5.41) is 7.62. The molecule has 164 valence electrons. The van der Waals surface area contributed by atoms with Crippen LogP contribution < -0.4 is 0 Å². The van der Waals surface area contributed by atoms with Gasteiger partial charge in [0, 0.05) is 37.7 Å². The molecule has 3 heterocycles. The van der Waals surface area contributed by atoms with Gasteiger partial charge in [-0.15, -0.1) is 0 Å². The van der Waals surface area contributed by atoms with Crippen LogP contribution in [0, 0.1) is 0 Å². The van der Waals surface area contributed by atoms with Crippen LogP contribution in [0.15, 0.2) is 95.4 Å². The predicted molar refractivity (Wildman–Crippen MR) is 146 cm³/mol. The zero-order valence-corrected chi connectivity index (χ0v) is 19.5. The first kappa shape index (κ1) is 18.1. The molecule has 35 heavy (non-hydrogen) atoms.